The van der Waals surface area contributed by atoms with E-state index in [2.05, 4.69) is 51.2 Å². The molecule has 0 N–H and O–H groups in total. The van der Waals surface area contributed by atoms with Crippen molar-refractivity contribution in [1.29, 1.82) is 5.26 Å². The number of nitrogens with zero attached hydrogens (tertiary/aromatic N) is 8. The number of hydrogen-bond acceptors (Lipinski definition) is 7. The van der Waals surface area contributed by atoms with Crippen molar-refractivity contribution in [2.45, 2.75) is 13.0 Å². The first-order valence-electron chi connectivity index (χ1n) is 11.4. The van der Waals surface area contributed by atoms with E-state index in [-0.39, 0.29) is 6.10 Å². The van der Waals surface area contributed by atoms with Gasteiger partial charge in [0, 0.05) is 87.7 Å². The molecule has 1 saturated heterocycles. The van der Waals surface area contributed by atoms with Crippen molar-refractivity contribution in [2.24, 2.45) is 7.05 Å². The lowest BCUT2D eigenvalue weighted by atomic mass is 10.0. The maximum atomic E-state index is 9.64. The van der Waals surface area contributed by atoms with Crippen molar-refractivity contribution in [3.05, 3.63) is 54.7 Å². The van der Waals surface area contributed by atoms with E-state index in [1.165, 1.54) is 0 Å². The van der Waals surface area contributed by atoms with Crippen LogP contribution in [-0.4, -0.2) is 75.2 Å². The number of methoxy groups -OCH3 is 1. The predicted octanol–water partition coefficient (Wildman–Crippen LogP) is 2.83. The molecule has 9 heteroatoms. The van der Waals surface area contributed by atoms with Gasteiger partial charge < -0.3 is 9.64 Å². The van der Waals surface area contributed by atoms with E-state index < -0.39 is 0 Å². The van der Waals surface area contributed by atoms with Crippen LogP contribution in [0.25, 0.3) is 27.8 Å². The molecule has 34 heavy (non-hydrogen) atoms. The molecule has 1 unspecified atom stereocenters. The van der Waals surface area contributed by atoms with Crippen LogP contribution in [-0.2, 0) is 11.8 Å². The SMILES string of the molecule is COC(C)CN1CCN(c2ccc(-c3cc(-c4cnn(C)c4)cn4ncc(C#N)c34)cn2)CC1. The Hall–Kier alpha value is -3.74. The smallest absolute Gasteiger partial charge is 0.128 e. The zero-order valence-electron chi connectivity index (χ0n) is 19.7. The number of anilines is 1. The van der Waals surface area contributed by atoms with E-state index >= 15 is 0 Å². The fraction of sp³-hybridized carbons (Fsp3) is 0.360. The minimum absolute atomic E-state index is 0.241. The minimum atomic E-state index is 0.241. The molecule has 174 valence electrons. The minimum Gasteiger partial charge on any atom is -0.380 e. The van der Waals surface area contributed by atoms with E-state index in [9.17, 15) is 5.26 Å². The molecule has 1 atom stereocenters. The summed E-state index contributed by atoms with van der Waals surface area (Å²) >= 11 is 0. The molecule has 9 nitrogen and oxygen atoms in total. The van der Waals surface area contributed by atoms with Gasteiger partial charge in [-0.25, -0.2) is 9.50 Å². The predicted molar refractivity (Wildman–Crippen MR) is 130 cm³/mol. The largest absolute Gasteiger partial charge is 0.380 e. The van der Waals surface area contributed by atoms with Gasteiger partial charge in [-0.05, 0) is 25.1 Å². The second-order valence-corrected chi connectivity index (χ2v) is 8.75. The number of piperazine rings is 1. The molecule has 1 aliphatic rings. The Morgan fingerprint density at radius 3 is 2.50 bits per heavy atom. The third-order valence-electron chi connectivity index (χ3n) is 6.44. The molecule has 0 spiro atoms. The van der Waals surface area contributed by atoms with E-state index in [0.717, 1.165) is 66.3 Å². The Labute approximate surface area is 198 Å². The average molecular weight is 457 g/mol. The van der Waals surface area contributed by atoms with Crippen LogP contribution in [0.1, 0.15) is 12.5 Å². The van der Waals surface area contributed by atoms with E-state index in [1.54, 1.807) is 22.5 Å². The fourth-order valence-electron chi connectivity index (χ4n) is 4.48. The van der Waals surface area contributed by atoms with Crippen molar-refractivity contribution in [1.82, 2.24) is 29.3 Å². The molecule has 0 aliphatic carbocycles. The highest BCUT2D eigenvalue weighted by molar-refractivity contribution is 5.87. The first kappa shape index (κ1) is 22.1. The molecule has 0 bridgehead atoms. The first-order valence-corrected chi connectivity index (χ1v) is 11.4. The lowest BCUT2D eigenvalue weighted by molar-refractivity contribution is 0.0749. The summed E-state index contributed by atoms with van der Waals surface area (Å²) in [5.41, 5.74) is 5.17. The molecule has 4 aromatic rings. The number of aromatic nitrogens is 5. The average Bonchev–Trinajstić information content (AvgIpc) is 3.50. The maximum Gasteiger partial charge on any atom is 0.128 e. The van der Waals surface area contributed by atoms with Crippen LogP contribution in [0.15, 0.2) is 49.2 Å². The van der Waals surface area contributed by atoms with Gasteiger partial charge in [0.15, 0.2) is 0 Å². The van der Waals surface area contributed by atoms with Gasteiger partial charge in [-0.2, -0.15) is 15.5 Å². The number of ether oxygens (including phenoxy) is 1. The van der Waals surface area contributed by atoms with Crippen LogP contribution in [0.4, 0.5) is 5.82 Å². The Balaban J connectivity index is 1.43. The summed E-state index contributed by atoms with van der Waals surface area (Å²) in [5.74, 6) is 0.969. The van der Waals surface area contributed by atoms with Crippen molar-refractivity contribution in [2.75, 3.05) is 44.7 Å². The fourth-order valence-corrected chi connectivity index (χ4v) is 4.48. The summed E-state index contributed by atoms with van der Waals surface area (Å²) in [5, 5.41) is 18.4. The third-order valence-corrected chi connectivity index (χ3v) is 6.44. The molecule has 5 rings (SSSR count). The van der Waals surface area contributed by atoms with Gasteiger partial charge in [0.2, 0.25) is 0 Å². The molecule has 0 saturated carbocycles. The molecule has 0 aromatic carbocycles. The summed E-state index contributed by atoms with van der Waals surface area (Å²) in [7, 11) is 3.65. The number of nitriles is 1. The maximum absolute atomic E-state index is 9.64. The van der Waals surface area contributed by atoms with Crippen molar-refractivity contribution < 1.29 is 4.74 Å². The van der Waals surface area contributed by atoms with Gasteiger partial charge >= 0.3 is 0 Å². The summed E-state index contributed by atoms with van der Waals surface area (Å²) in [6.07, 6.45) is 9.47. The number of pyridine rings is 2. The summed E-state index contributed by atoms with van der Waals surface area (Å²) in [6, 6.07) is 8.50. The molecule has 1 aliphatic heterocycles. The molecular formula is C25H28N8O. The summed E-state index contributed by atoms with van der Waals surface area (Å²) < 4.78 is 8.94. The molecule has 1 fully saturated rings. The van der Waals surface area contributed by atoms with Gasteiger partial charge in [-0.1, -0.05) is 0 Å². The number of rotatable bonds is 6. The van der Waals surface area contributed by atoms with Gasteiger partial charge in [0.05, 0.1) is 29.6 Å². The van der Waals surface area contributed by atoms with Gasteiger partial charge in [0.25, 0.3) is 0 Å². The first-order chi connectivity index (χ1) is 16.6. The Bertz CT molecular complexity index is 1330. The standard InChI is InChI=1S/C25H28N8O/c1-18(34-3)15-31-6-8-32(9-7-31)24-5-4-19(12-27-24)23-10-20(22-14-28-30(2)16-22)17-33-25(23)21(11-26)13-29-33/h4-5,10,12-14,16-18H,6-9,15H2,1-3H3. The summed E-state index contributed by atoms with van der Waals surface area (Å²) in [6.45, 7) is 6.91. The van der Waals surface area contributed by atoms with Crippen molar-refractivity contribution in [3.63, 3.8) is 0 Å². The monoisotopic (exact) mass is 456 g/mol. The molecule has 5 heterocycles. The molecule has 0 radical (unpaired) electrons. The summed E-state index contributed by atoms with van der Waals surface area (Å²) in [4.78, 5) is 9.54. The normalized spacial score (nSPS) is 15.5. The Morgan fingerprint density at radius 1 is 1.03 bits per heavy atom. The van der Waals surface area contributed by atoms with Crippen LogP contribution < -0.4 is 4.90 Å². The van der Waals surface area contributed by atoms with E-state index in [4.69, 9.17) is 9.72 Å². The Kier molecular flexibility index (Phi) is 6.01. The van der Waals surface area contributed by atoms with Gasteiger partial charge in [0.1, 0.15) is 11.9 Å². The number of aryl methyl sites for hydroxylation is 1. The zero-order valence-corrected chi connectivity index (χ0v) is 19.7. The highest BCUT2D eigenvalue weighted by Gasteiger charge is 2.20. The van der Waals surface area contributed by atoms with Crippen LogP contribution in [0, 0.1) is 11.3 Å². The zero-order chi connectivity index (χ0) is 23.7. The van der Waals surface area contributed by atoms with Crippen LogP contribution in [0.2, 0.25) is 0 Å². The highest BCUT2D eigenvalue weighted by Crippen LogP contribution is 2.32. The van der Waals surface area contributed by atoms with Crippen LogP contribution >= 0.6 is 0 Å². The molecule has 0 amide bonds. The second-order valence-electron chi connectivity index (χ2n) is 8.75. The van der Waals surface area contributed by atoms with Crippen molar-refractivity contribution in [3.8, 4) is 28.3 Å². The lowest BCUT2D eigenvalue weighted by Crippen LogP contribution is -2.48. The van der Waals surface area contributed by atoms with Crippen molar-refractivity contribution >= 4 is 11.3 Å². The molecule has 4 aromatic heterocycles. The lowest BCUT2D eigenvalue weighted by Gasteiger charge is -2.36. The topological polar surface area (TPSA) is 87.5 Å². The van der Waals surface area contributed by atoms with E-state index in [1.807, 2.05) is 31.8 Å². The number of fused-ring (bicyclic) bond motifs is 1. The highest BCUT2D eigenvalue weighted by atomic mass is 16.5. The van der Waals surface area contributed by atoms with Crippen LogP contribution in [0.5, 0.6) is 0 Å². The quantitative estimate of drug-likeness (QED) is 0.441. The van der Waals surface area contributed by atoms with Gasteiger partial charge in [-0.3, -0.25) is 9.58 Å². The Morgan fingerprint density at radius 2 is 1.85 bits per heavy atom. The number of hydrogen-bond donors (Lipinski definition) is 0. The van der Waals surface area contributed by atoms with Crippen LogP contribution in [0.3, 0.4) is 0 Å². The second kappa shape index (κ2) is 9.25. The molecular weight excluding hydrogens is 428 g/mol. The third kappa shape index (κ3) is 4.25. The van der Waals surface area contributed by atoms with E-state index in [0.29, 0.717) is 5.56 Å². The van der Waals surface area contributed by atoms with Gasteiger partial charge in [-0.15, -0.1) is 0 Å².